The van der Waals surface area contributed by atoms with Gasteiger partial charge in [-0.3, -0.25) is 9.59 Å². The molecule has 1 fully saturated rings. The monoisotopic (exact) mass is 376 g/mol. The van der Waals surface area contributed by atoms with E-state index < -0.39 is 0 Å². The predicted octanol–water partition coefficient (Wildman–Crippen LogP) is 1.74. The second kappa shape index (κ2) is 8.46. The number of nitrogens with two attached hydrogens (primary N) is 1. The van der Waals surface area contributed by atoms with Gasteiger partial charge in [-0.05, 0) is 44.2 Å². The van der Waals surface area contributed by atoms with Crippen LogP contribution in [0.15, 0.2) is 22.4 Å². The summed E-state index contributed by atoms with van der Waals surface area (Å²) in [5.41, 5.74) is 7.17. The number of nitrogen functional groups attached to an aromatic ring is 1. The molecule has 2 aromatic rings. The number of thiazole rings is 1. The van der Waals surface area contributed by atoms with Crippen LogP contribution in [0.3, 0.4) is 0 Å². The maximum absolute atomic E-state index is 12.7. The Labute approximate surface area is 156 Å². The summed E-state index contributed by atoms with van der Waals surface area (Å²) in [5, 5.41) is 5.31. The number of rotatable bonds is 7. The van der Waals surface area contributed by atoms with E-state index in [1.807, 2.05) is 11.4 Å². The molecule has 1 aliphatic rings. The van der Waals surface area contributed by atoms with Crippen molar-refractivity contribution in [2.45, 2.75) is 45.3 Å². The Morgan fingerprint density at radius 1 is 1.54 bits per heavy atom. The smallest absolute Gasteiger partial charge is 0.263 e. The summed E-state index contributed by atoms with van der Waals surface area (Å²) in [6, 6.07) is 1.81. The maximum Gasteiger partial charge on any atom is 0.263 e. The number of carbonyl (C=O) groups is 1. The van der Waals surface area contributed by atoms with Gasteiger partial charge in [0, 0.05) is 24.7 Å². The Bertz CT molecular complexity index is 824. The Balaban J connectivity index is 1.59. The third-order valence-electron chi connectivity index (χ3n) is 4.49. The molecule has 0 aromatic carbocycles. The van der Waals surface area contributed by atoms with Crippen molar-refractivity contribution in [2.75, 3.05) is 18.9 Å². The molecule has 3 N–H and O–H groups in total. The Kier molecular flexibility index (Phi) is 6.05. The van der Waals surface area contributed by atoms with Crippen molar-refractivity contribution in [1.82, 2.24) is 14.9 Å². The molecule has 1 aliphatic heterocycles. The highest BCUT2D eigenvalue weighted by Crippen LogP contribution is 2.14. The van der Waals surface area contributed by atoms with E-state index in [9.17, 15) is 9.59 Å². The molecule has 0 spiro atoms. The van der Waals surface area contributed by atoms with Gasteiger partial charge in [0.15, 0.2) is 5.13 Å². The van der Waals surface area contributed by atoms with Crippen LogP contribution in [-0.4, -0.2) is 34.7 Å². The number of hydrogen-bond donors (Lipinski definition) is 2. The van der Waals surface area contributed by atoms with E-state index in [2.05, 4.69) is 10.3 Å². The van der Waals surface area contributed by atoms with Crippen LogP contribution in [0.5, 0.6) is 0 Å². The lowest BCUT2D eigenvalue weighted by atomic mass is 10.1. The number of aryl methyl sites for hydroxylation is 2. The highest BCUT2D eigenvalue weighted by atomic mass is 32.1. The molecule has 0 bridgehead atoms. The number of carbonyl (C=O) groups excluding carboxylic acids is 1. The second-order valence-electron chi connectivity index (χ2n) is 6.50. The van der Waals surface area contributed by atoms with E-state index in [0.29, 0.717) is 23.8 Å². The van der Waals surface area contributed by atoms with E-state index >= 15 is 0 Å². The molecule has 2 aromatic heterocycles. The SMILES string of the molecule is Cc1ccn(CC2CCCO2)c(=O)c1C(=O)NCCCc1csc(N)n1. The number of hydrogen-bond acceptors (Lipinski definition) is 6. The predicted molar refractivity (Wildman–Crippen MR) is 102 cm³/mol. The second-order valence-corrected chi connectivity index (χ2v) is 7.39. The summed E-state index contributed by atoms with van der Waals surface area (Å²) in [4.78, 5) is 29.4. The summed E-state index contributed by atoms with van der Waals surface area (Å²) < 4.78 is 7.17. The van der Waals surface area contributed by atoms with Crippen LogP contribution in [0, 0.1) is 6.92 Å². The highest BCUT2D eigenvalue weighted by molar-refractivity contribution is 7.13. The quantitative estimate of drug-likeness (QED) is 0.717. The van der Waals surface area contributed by atoms with Crippen molar-refractivity contribution in [1.29, 1.82) is 0 Å². The standard InChI is InChI=1S/C18H24N4O3S/c1-12-6-8-22(10-14-5-3-9-25-14)17(24)15(12)16(23)20-7-2-4-13-11-26-18(19)21-13/h6,8,11,14H,2-5,7,9-10H2,1H3,(H2,19,21)(H,20,23). The molecule has 7 nitrogen and oxygen atoms in total. The third-order valence-corrected chi connectivity index (χ3v) is 5.21. The summed E-state index contributed by atoms with van der Waals surface area (Å²) in [6.07, 6.45) is 5.24. The summed E-state index contributed by atoms with van der Waals surface area (Å²) in [6.45, 7) is 3.49. The zero-order chi connectivity index (χ0) is 18.5. The summed E-state index contributed by atoms with van der Waals surface area (Å²) in [7, 11) is 0. The van der Waals surface area contributed by atoms with E-state index in [4.69, 9.17) is 10.5 Å². The zero-order valence-corrected chi connectivity index (χ0v) is 15.7. The molecule has 0 saturated carbocycles. The molecule has 8 heteroatoms. The van der Waals surface area contributed by atoms with Crippen molar-refractivity contribution >= 4 is 22.4 Å². The summed E-state index contributed by atoms with van der Waals surface area (Å²) in [5.74, 6) is -0.327. The number of amides is 1. The number of aromatic nitrogens is 2. The van der Waals surface area contributed by atoms with Gasteiger partial charge < -0.3 is 20.4 Å². The Morgan fingerprint density at radius 2 is 2.38 bits per heavy atom. The zero-order valence-electron chi connectivity index (χ0n) is 14.9. The maximum atomic E-state index is 12.7. The van der Waals surface area contributed by atoms with Crippen molar-refractivity contribution < 1.29 is 9.53 Å². The molecule has 1 unspecified atom stereocenters. The van der Waals surface area contributed by atoms with Crippen LogP contribution in [0.25, 0.3) is 0 Å². The lowest BCUT2D eigenvalue weighted by Crippen LogP contribution is -2.36. The minimum absolute atomic E-state index is 0.0527. The van der Waals surface area contributed by atoms with Gasteiger partial charge in [-0.15, -0.1) is 11.3 Å². The molecule has 140 valence electrons. The average molecular weight is 376 g/mol. The average Bonchev–Trinajstić information content (AvgIpc) is 3.26. The van der Waals surface area contributed by atoms with Gasteiger partial charge in [-0.1, -0.05) is 0 Å². The molecule has 0 aliphatic carbocycles. The third kappa shape index (κ3) is 4.50. The van der Waals surface area contributed by atoms with E-state index in [1.54, 1.807) is 17.7 Å². The molecule has 1 saturated heterocycles. The van der Waals surface area contributed by atoms with Crippen molar-refractivity contribution in [3.63, 3.8) is 0 Å². The Hall–Kier alpha value is -2.19. The molecular formula is C18H24N4O3S. The van der Waals surface area contributed by atoms with Gasteiger partial charge in [0.1, 0.15) is 5.56 Å². The van der Waals surface area contributed by atoms with Gasteiger partial charge in [-0.25, -0.2) is 4.98 Å². The van der Waals surface area contributed by atoms with Crippen LogP contribution in [0.4, 0.5) is 5.13 Å². The molecule has 3 rings (SSSR count). The molecule has 1 atom stereocenters. The highest BCUT2D eigenvalue weighted by Gasteiger charge is 2.20. The topological polar surface area (TPSA) is 99.2 Å². The lowest BCUT2D eigenvalue weighted by molar-refractivity contribution is 0.0929. The van der Waals surface area contributed by atoms with Crippen LogP contribution in [0.2, 0.25) is 0 Å². The number of anilines is 1. The van der Waals surface area contributed by atoms with Gasteiger partial charge in [0.25, 0.3) is 11.5 Å². The number of nitrogens with one attached hydrogen (secondary N) is 1. The van der Waals surface area contributed by atoms with E-state index in [-0.39, 0.29) is 23.1 Å². The Morgan fingerprint density at radius 3 is 3.08 bits per heavy atom. The van der Waals surface area contributed by atoms with Gasteiger partial charge in [-0.2, -0.15) is 0 Å². The molecular weight excluding hydrogens is 352 g/mol. The molecule has 1 amide bonds. The van der Waals surface area contributed by atoms with Crippen molar-refractivity contribution in [3.8, 4) is 0 Å². The minimum atomic E-state index is -0.327. The summed E-state index contributed by atoms with van der Waals surface area (Å²) >= 11 is 1.41. The van der Waals surface area contributed by atoms with Crippen molar-refractivity contribution in [2.24, 2.45) is 0 Å². The lowest BCUT2D eigenvalue weighted by Gasteiger charge is -2.14. The van der Waals surface area contributed by atoms with Crippen LogP contribution < -0.4 is 16.6 Å². The number of ether oxygens (including phenoxy) is 1. The van der Waals surface area contributed by atoms with Crippen LogP contribution in [-0.2, 0) is 17.7 Å². The van der Waals surface area contributed by atoms with Gasteiger partial charge in [0.05, 0.1) is 18.3 Å². The fourth-order valence-electron chi connectivity index (χ4n) is 3.09. The van der Waals surface area contributed by atoms with Gasteiger partial charge in [0.2, 0.25) is 0 Å². The first-order valence-electron chi connectivity index (χ1n) is 8.84. The first-order valence-corrected chi connectivity index (χ1v) is 9.72. The first kappa shape index (κ1) is 18.6. The minimum Gasteiger partial charge on any atom is -0.376 e. The molecule has 0 radical (unpaired) electrons. The van der Waals surface area contributed by atoms with E-state index in [0.717, 1.165) is 38.0 Å². The molecule has 26 heavy (non-hydrogen) atoms. The van der Waals surface area contributed by atoms with Crippen LogP contribution in [0.1, 0.15) is 40.9 Å². The fraction of sp³-hybridized carbons (Fsp3) is 0.500. The largest absolute Gasteiger partial charge is 0.376 e. The van der Waals surface area contributed by atoms with Crippen LogP contribution >= 0.6 is 11.3 Å². The fourth-order valence-corrected chi connectivity index (χ4v) is 3.69. The normalized spacial score (nSPS) is 16.7. The van der Waals surface area contributed by atoms with Gasteiger partial charge >= 0.3 is 0 Å². The van der Waals surface area contributed by atoms with E-state index in [1.165, 1.54) is 11.3 Å². The first-order chi connectivity index (χ1) is 12.5. The number of pyridine rings is 1. The van der Waals surface area contributed by atoms with Crippen molar-refractivity contribution in [3.05, 3.63) is 44.8 Å². The number of nitrogens with zero attached hydrogens (tertiary/aromatic N) is 2. The molecule has 3 heterocycles.